The second-order valence-corrected chi connectivity index (χ2v) is 6.50. The summed E-state index contributed by atoms with van der Waals surface area (Å²) in [6, 6.07) is 10.8. The van der Waals surface area contributed by atoms with E-state index in [9.17, 15) is 9.59 Å². The molecule has 1 saturated carbocycles. The van der Waals surface area contributed by atoms with Crippen molar-refractivity contribution in [3.63, 3.8) is 0 Å². The number of benzene rings is 1. The maximum Gasteiger partial charge on any atom is 0.276 e. The van der Waals surface area contributed by atoms with E-state index in [0.29, 0.717) is 23.2 Å². The summed E-state index contributed by atoms with van der Waals surface area (Å²) in [4.78, 5) is 23.4. The minimum Gasteiger partial charge on any atom is -0.366 e. The van der Waals surface area contributed by atoms with Gasteiger partial charge in [-0.3, -0.25) is 9.59 Å². The van der Waals surface area contributed by atoms with Crippen molar-refractivity contribution in [2.45, 2.75) is 45.1 Å². The number of carbonyl (C=O) groups is 2. The molecule has 0 saturated heterocycles. The molecule has 0 spiro atoms. The van der Waals surface area contributed by atoms with Crippen molar-refractivity contribution in [1.29, 1.82) is 0 Å². The number of nitrogens with one attached hydrogen (secondary N) is 3. The van der Waals surface area contributed by atoms with Crippen LogP contribution in [-0.2, 0) is 4.79 Å². The molecule has 3 N–H and O–H groups in total. The summed E-state index contributed by atoms with van der Waals surface area (Å²) in [5, 5.41) is 16.9. The number of aromatic nitrogens is 2. The lowest BCUT2D eigenvalue weighted by Crippen LogP contribution is -2.23. The SMILES string of the molecule is CC(=O)Nc1cccc(NC(=O)c2ccc(NC3CCCCC3)nn2)c1. The van der Waals surface area contributed by atoms with Gasteiger partial charge < -0.3 is 16.0 Å². The Labute approximate surface area is 152 Å². The molecule has 1 aromatic carbocycles. The van der Waals surface area contributed by atoms with Crippen LogP contribution in [0.3, 0.4) is 0 Å². The van der Waals surface area contributed by atoms with Crippen molar-refractivity contribution >= 4 is 29.0 Å². The van der Waals surface area contributed by atoms with Crippen molar-refractivity contribution in [1.82, 2.24) is 10.2 Å². The lowest BCUT2D eigenvalue weighted by molar-refractivity contribution is -0.114. The molecule has 0 atom stereocenters. The van der Waals surface area contributed by atoms with Gasteiger partial charge in [-0.15, -0.1) is 10.2 Å². The molecule has 0 unspecified atom stereocenters. The Kier molecular flexibility index (Phi) is 5.78. The number of amides is 2. The van der Waals surface area contributed by atoms with E-state index in [2.05, 4.69) is 26.1 Å². The first kappa shape index (κ1) is 17.8. The Morgan fingerprint density at radius 1 is 0.962 bits per heavy atom. The van der Waals surface area contributed by atoms with Crippen LogP contribution in [0, 0.1) is 0 Å². The fourth-order valence-corrected chi connectivity index (χ4v) is 3.06. The van der Waals surface area contributed by atoms with Crippen LogP contribution in [0.1, 0.15) is 49.5 Å². The number of carbonyl (C=O) groups excluding carboxylic acids is 2. The Morgan fingerprint density at radius 3 is 2.35 bits per heavy atom. The van der Waals surface area contributed by atoms with Gasteiger partial charge in [-0.2, -0.15) is 0 Å². The van der Waals surface area contributed by atoms with Crippen molar-refractivity contribution < 1.29 is 9.59 Å². The quantitative estimate of drug-likeness (QED) is 0.765. The number of nitrogens with zero attached hydrogens (tertiary/aromatic N) is 2. The molecule has 0 radical (unpaired) electrons. The van der Waals surface area contributed by atoms with Crippen LogP contribution in [0.5, 0.6) is 0 Å². The first-order valence-electron chi connectivity index (χ1n) is 8.89. The molecule has 0 aliphatic heterocycles. The van der Waals surface area contributed by atoms with Crippen LogP contribution in [0.25, 0.3) is 0 Å². The minimum absolute atomic E-state index is 0.166. The van der Waals surface area contributed by atoms with Gasteiger partial charge in [0.15, 0.2) is 5.69 Å². The van der Waals surface area contributed by atoms with Gasteiger partial charge in [-0.1, -0.05) is 25.3 Å². The third kappa shape index (κ3) is 5.02. The van der Waals surface area contributed by atoms with Crippen molar-refractivity contribution in [2.75, 3.05) is 16.0 Å². The molecule has 1 aromatic heterocycles. The highest BCUT2D eigenvalue weighted by Gasteiger charge is 2.14. The molecule has 3 rings (SSSR count). The predicted molar refractivity (Wildman–Crippen MR) is 101 cm³/mol. The van der Waals surface area contributed by atoms with Gasteiger partial charge in [0.25, 0.3) is 5.91 Å². The first-order chi connectivity index (χ1) is 12.6. The summed E-state index contributed by atoms with van der Waals surface area (Å²) in [6.07, 6.45) is 6.07. The molecule has 1 heterocycles. The van der Waals surface area contributed by atoms with E-state index in [1.807, 2.05) is 0 Å². The zero-order valence-corrected chi connectivity index (χ0v) is 14.8. The molecule has 1 aliphatic rings. The summed E-state index contributed by atoms with van der Waals surface area (Å²) in [5.74, 6) is 0.184. The highest BCUT2D eigenvalue weighted by Crippen LogP contribution is 2.20. The average molecular weight is 353 g/mol. The topological polar surface area (TPSA) is 96.0 Å². The minimum atomic E-state index is -0.346. The lowest BCUT2D eigenvalue weighted by Gasteiger charge is -2.22. The van der Waals surface area contributed by atoms with Crippen molar-refractivity contribution in [2.24, 2.45) is 0 Å². The number of rotatable bonds is 5. The van der Waals surface area contributed by atoms with E-state index in [1.165, 1.54) is 26.2 Å². The van der Waals surface area contributed by atoms with E-state index in [4.69, 9.17) is 0 Å². The molecular formula is C19H23N5O2. The second kappa shape index (κ2) is 8.42. The molecule has 2 amide bonds. The van der Waals surface area contributed by atoms with E-state index >= 15 is 0 Å². The largest absolute Gasteiger partial charge is 0.366 e. The van der Waals surface area contributed by atoms with Crippen molar-refractivity contribution in [3.8, 4) is 0 Å². The van der Waals surface area contributed by atoms with Gasteiger partial charge in [-0.25, -0.2) is 0 Å². The normalized spacial score (nSPS) is 14.5. The number of hydrogen-bond donors (Lipinski definition) is 3. The van der Waals surface area contributed by atoms with E-state index in [0.717, 1.165) is 12.8 Å². The highest BCUT2D eigenvalue weighted by molar-refractivity contribution is 6.03. The smallest absolute Gasteiger partial charge is 0.276 e. The van der Waals surface area contributed by atoms with Gasteiger partial charge in [0.1, 0.15) is 5.82 Å². The summed E-state index contributed by atoms with van der Waals surface area (Å²) < 4.78 is 0. The Balaban J connectivity index is 1.60. The van der Waals surface area contributed by atoms with Crippen LogP contribution in [0.15, 0.2) is 36.4 Å². The molecule has 7 nitrogen and oxygen atoms in total. The van der Waals surface area contributed by atoms with Crippen LogP contribution < -0.4 is 16.0 Å². The lowest BCUT2D eigenvalue weighted by atomic mass is 9.95. The van der Waals surface area contributed by atoms with E-state index in [-0.39, 0.29) is 17.5 Å². The maximum absolute atomic E-state index is 12.3. The second-order valence-electron chi connectivity index (χ2n) is 6.50. The van der Waals surface area contributed by atoms with Crippen LogP contribution >= 0.6 is 0 Å². The van der Waals surface area contributed by atoms with Gasteiger partial charge in [-0.05, 0) is 43.2 Å². The summed E-state index contributed by atoms with van der Waals surface area (Å²) in [5.41, 5.74) is 1.44. The molecule has 0 bridgehead atoms. The standard InChI is InChI=1S/C19H23N5O2/c1-13(25)20-15-8-5-9-16(12-15)22-19(26)17-10-11-18(24-23-17)21-14-6-3-2-4-7-14/h5,8-12,14H,2-4,6-7H2,1H3,(H,20,25)(H,21,24)(H,22,26). The summed E-state index contributed by atoms with van der Waals surface area (Å²) >= 11 is 0. The van der Waals surface area contributed by atoms with Crippen molar-refractivity contribution in [3.05, 3.63) is 42.1 Å². The zero-order valence-electron chi connectivity index (χ0n) is 14.8. The average Bonchev–Trinajstić information content (AvgIpc) is 2.63. The van der Waals surface area contributed by atoms with Crippen LogP contribution in [-0.4, -0.2) is 28.1 Å². The first-order valence-corrected chi connectivity index (χ1v) is 8.89. The van der Waals surface area contributed by atoms with Gasteiger partial charge >= 0.3 is 0 Å². The maximum atomic E-state index is 12.3. The van der Waals surface area contributed by atoms with Gasteiger partial charge in [0, 0.05) is 24.3 Å². The summed E-state index contributed by atoms with van der Waals surface area (Å²) in [6.45, 7) is 1.43. The Morgan fingerprint density at radius 2 is 1.69 bits per heavy atom. The molecule has 2 aromatic rings. The number of anilines is 3. The molecule has 1 aliphatic carbocycles. The van der Waals surface area contributed by atoms with Crippen LogP contribution in [0.4, 0.5) is 17.2 Å². The third-order valence-corrected chi connectivity index (χ3v) is 4.30. The molecule has 26 heavy (non-hydrogen) atoms. The summed E-state index contributed by atoms with van der Waals surface area (Å²) in [7, 11) is 0. The molecule has 1 fully saturated rings. The Bertz CT molecular complexity index is 770. The van der Waals surface area contributed by atoms with Gasteiger partial charge in [0.05, 0.1) is 0 Å². The fraction of sp³-hybridized carbons (Fsp3) is 0.368. The fourth-order valence-electron chi connectivity index (χ4n) is 3.06. The Hall–Kier alpha value is -2.96. The molecule has 136 valence electrons. The van der Waals surface area contributed by atoms with Crippen LogP contribution in [0.2, 0.25) is 0 Å². The van der Waals surface area contributed by atoms with Gasteiger partial charge in [0.2, 0.25) is 5.91 Å². The zero-order chi connectivity index (χ0) is 18.4. The molecular weight excluding hydrogens is 330 g/mol. The predicted octanol–water partition coefficient (Wildman–Crippen LogP) is 3.43. The number of hydrogen-bond acceptors (Lipinski definition) is 5. The van der Waals surface area contributed by atoms with E-state index < -0.39 is 0 Å². The third-order valence-electron chi connectivity index (χ3n) is 4.30. The highest BCUT2D eigenvalue weighted by atomic mass is 16.2. The van der Waals surface area contributed by atoms with E-state index in [1.54, 1.807) is 36.4 Å². The molecule has 7 heteroatoms. The monoisotopic (exact) mass is 353 g/mol.